The third-order valence-electron chi connectivity index (χ3n) is 3.48. The van der Waals surface area contributed by atoms with Gasteiger partial charge in [0.05, 0.1) is 5.92 Å². The van der Waals surface area contributed by atoms with Crippen molar-refractivity contribution in [3.8, 4) is 5.75 Å². The van der Waals surface area contributed by atoms with Crippen LogP contribution >= 0.6 is 0 Å². The summed E-state index contributed by atoms with van der Waals surface area (Å²) in [7, 11) is 0. The molecule has 1 saturated heterocycles. The molecule has 2 rings (SSSR count). The number of nitrogens with zero attached hydrogens (tertiary/aromatic N) is 2. The van der Waals surface area contributed by atoms with Crippen molar-refractivity contribution in [1.82, 2.24) is 9.88 Å². The van der Waals surface area contributed by atoms with E-state index in [1.54, 1.807) is 0 Å². The number of piperidine rings is 1. The van der Waals surface area contributed by atoms with Crippen LogP contribution in [0.25, 0.3) is 0 Å². The van der Waals surface area contributed by atoms with E-state index in [9.17, 15) is 22.8 Å². The molecule has 2 amide bonds. The van der Waals surface area contributed by atoms with Crippen LogP contribution in [0, 0.1) is 5.92 Å². The van der Waals surface area contributed by atoms with Gasteiger partial charge in [-0.15, -0.1) is 0 Å². The summed E-state index contributed by atoms with van der Waals surface area (Å²) in [5.41, 5.74) is 5.04. The molecule has 1 atom stereocenters. The Bertz CT molecular complexity index is 592. The lowest BCUT2D eigenvalue weighted by Gasteiger charge is -2.31. The third kappa shape index (κ3) is 4.57. The van der Waals surface area contributed by atoms with Gasteiger partial charge in [0.15, 0.2) is 18.1 Å². The molecule has 126 valence electrons. The number of likely N-dealkylation sites (tertiary alicyclic amines) is 1. The fraction of sp³-hybridized carbons (Fsp3) is 0.500. The molecule has 1 aromatic heterocycles. The van der Waals surface area contributed by atoms with Gasteiger partial charge >= 0.3 is 6.18 Å². The minimum Gasteiger partial charge on any atom is -0.482 e. The predicted octanol–water partition coefficient (Wildman–Crippen LogP) is 1.36. The number of amides is 2. The molecule has 1 unspecified atom stereocenters. The number of nitrogens with two attached hydrogens (primary N) is 1. The van der Waals surface area contributed by atoms with Gasteiger partial charge in [-0.3, -0.25) is 9.59 Å². The standard InChI is InChI=1S/C14H16F3N3O3/c15-14(16,17)8-23-10-4-1-5-19-11(10)13(22)20-6-2-3-9(7-20)12(18)21/h1,4-5,9H,2-3,6-8H2,(H2,18,21). The van der Waals surface area contributed by atoms with Crippen molar-refractivity contribution in [2.75, 3.05) is 19.7 Å². The fourth-order valence-electron chi connectivity index (χ4n) is 2.37. The first-order valence-corrected chi connectivity index (χ1v) is 7.01. The number of ether oxygens (including phenoxy) is 1. The van der Waals surface area contributed by atoms with Gasteiger partial charge in [0, 0.05) is 19.3 Å². The van der Waals surface area contributed by atoms with Gasteiger partial charge in [-0.1, -0.05) is 0 Å². The first kappa shape index (κ1) is 17.0. The zero-order valence-corrected chi connectivity index (χ0v) is 12.2. The Morgan fingerprint density at radius 1 is 1.43 bits per heavy atom. The molecule has 0 saturated carbocycles. The van der Waals surface area contributed by atoms with E-state index >= 15 is 0 Å². The molecule has 2 heterocycles. The fourth-order valence-corrected chi connectivity index (χ4v) is 2.37. The average Bonchev–Trinajstić information content (AvgIpc) is 2.52. The average molecular weight is 331 g/mol. The molecule has 0 aromatic carbocycles. The van der Waals surface area contributed by atoms with Crippen LogP contribution in [0.1, 0.15) is 23.3 Å². The van der Waals surface area contributed by atoms with Gasteiger partial charge in [-0.2, -0.15) is 13.2 Å². The van der Waals surface area contributed by atoms with E-state index in [2.05, 4.69) is 9.72 Å². The van der Waals surface area contributed by atoms with Crippen LogP contribution < -0.4 is 10.5 Å². The normalized spacial score (nSPS) is 18.6. The summed E-state index contributed by atoms with van der Waals surface area (Å²) in [5, 5.41) is 0. The Labute approximate surface area is 130 Å². The van der Waals surface area contributed by atoms with Crippen LogP contribution in [0.15, 0.2) is 18.3 Å². The molecule has 0 radical (unpaired) electrons. The van der Waals surface area contributed by atoms with E-state index in [1.807, 2.05) is 0 Å². The molecule has 6 nitrogen and oxygen atoms in total. The Morgan fingerprint density at radius 3 is 2.83 bits per heavy atom. The molecule has 1 fully saturated rings. The molecule has 1 aliphatic heterocycles. The number of carbonyl (C=O) groups excluding carboxylic acids is 2. The molecule has 0 aliphatic carbocycles. The van der Waals surface area contributed by atoms with Crippen molar-refractivity contribution in [2.45, 2.75) is 19.0 Å². The molecule has 1 aromatic rings. The second-order valence-corrected chi connectivity index (χ2v) is 5.25. The number of pyridine rings is 1. The molecular formula is C14H16F3N3O3. The summed E-state index contributed by atoms with van der Waals surface area (Å²) in [5.74, 6) is -1.78. The van der Waals surface area contributed by atoms with Crippen molar-refractivity contribution >= 4 is 11.8 Å². The number of aromatic nitrogens is 1. The summed E-state index contributed by atoms with van der Waals surface area (Å²) in [6.45, 7) is -0.996. The summed E-state index contributed by atoms with van der Waals surface area (Å²) in [6, 6.07) is 2.63. The maximum Gasteiger partial charge on any atom is 0.422 e. The van der Waals surface area contributed by atoms with Gasteiger partial charge in [-0.25, -0.2) is 4.98 Å². The maximum absolute atomic E-state index is 12.5. The third-order valence-corrected chi connectivity index (χ3v) is 3.48. The summed E-state index contributed by atoms with van der Waals surface area (Å²) in [6.07, 6.45) is -2.05. The van der Waals surface area contributed by atoms with E-state index in [-0.39, 0.29) is 18.0 Å². The highest BCUT2D eigenvalue weighted by molar-refractivity contribution is 5.95. The Balaban J connectivity index is 2.14. The zero-order chi connectivity index (χ0) is 17.0. The first-order valence-electron chi connectivity index (χ1n) is 7.01. The van der Waals surface area contributed by atoms with Gasteiger partial charge in [0.2, 0.25) is 5.91 Å². The van der Waals surface area contributed by atoms with E-state index in [4.69, 9.17) is 5.73 Å². The van der Waals surface area contributed by atoms with Crippen molar-refractivity contribution < 1.29 is 27.5 Å². The van der Waals surface area contributed by atoms with Gasteiger partial charge < -0.3 is 15.4 Å². The van der Waals surface area contributed by atoms with Crippen LogP contribution in [0.5, 0.6) is 5.75 Å². The van der Waals surface area contributed by atoms with Crippen LogP contribution in [0.4, 0.5) is 13.2 Å². The van der Waals surface area contributed by atoms with Crippen molar-refractivity contribution in [2.24, 2.45) is 11.7 Å². The Kier molecular flexibility index (Phi) is 5.07. The van der Waals surface area contributed by atoms with Crippen molar-refractivity contribution in [1.29, 1.82) is 0 Å². The van der Waals surface area contributed by atoms with Crippen LogP contribution in [-0.4, -0.2) is 47.6 Å². The van der Waals surface area contributed by atoms with E-state index in [0.717, 1.165) is 0 Å². The van der Waals surface area contributed by atoms with E-state index < -0.39 is 30.5 Å². The van der Waals surface area contributed by atoms with Crippen LogP contribution in [-0.2, 0) is 4.79 Å². The number of hydrogen-bond donors (Lipinski definition) is 1. The Hall–Kier alpha value is -2.32. The van der Waals surface area contributed by atoms with E-state index in [0.29, 0.717) is 19.4 Å². The molecule has 2 N–H and O–H groups in total. The lowest BCUT2D eigenvalue weighted by Crippen LogP contribution is -2.44. The highest BCUT2D eigenvalue weighted by Gasteiger charge is 2.32. The van der Waals surface area contributed by atoms with Gasteiger partial charge in [-0.05, 0) is 25.0 Å². The highest BCUT2D eigenvalue weighted by atomic mass is 19.4. The molecular weight excluding hydrogens is 315 g/mol. The number of carbonyl (C=O) groups is 2. The summed E-state index contributed by atoms with van der Waals surface area (Å²) < 4.78 is 41.5. The first-order chi connectivity index (χ1) is 10.8. The monoisotopic (exact) mass is 331 g/mol. The predicted molar refractivity (Wildman–Crippen MR) is 73.6 cm³/mol. The highest BCUT2D eigenvalue weighted by Crippen LogP contribution is 2.24. The number of primary amides is 1. The topological polar surface area (TPSA) is 85.5 Å². The molecule has 0 bridgehead atoms. The molecule has 1 aliphatic rings. The summed E-state index contributed by atoms with van der Waals surface area (Å²) >= 11 is 0. The minimum atomic E-state index is -4.52. The second kappa shape index (κ2) is 6.84. The van der Waals surface area contributed by atoms with Crippen LogP contribution in [0.2, 0.25) is 0 Å². The van der Waals surface area contributed by atoms with Crippen molar-refractivity contribution in [3.63, 3.8) is 0 Å². The quantitative estimate of drug-likeness (QED) is 0.903. The largest absolute Gasteiger partial charge is 0.482 e. The van der Waals surface area contributed by atoms with Crippen molar-refractivity contribution in [3.05, 3.63) is 24.0 Å². The molecule has 0 spiro atoms. The summed E-state index contributed by atoms with van der Waals surface area (Å²) in [4.78, 5) is 28.9. The zero-order valence-electron chi connectivity index (χ0n) is 12.2. The number of halogens is 3. The number of hydrogen-bond acceptors (Lipinski definition) is 4. The maximum atomic E-state index is 12.5. The second-order valence-electron chi connectivity index (χ2n) is 5.25. The minimum absolute atomic E-state index is 0.128. The SMILES string of the molecule is NC(=O)C1CCCN(C(=O)c2ncccc2OCC(F)(F)F)C1. The molecule has 23 heavy (non-hydrogen) atoms. The van der Waals surface area contributed by atoms with Gasteiger partial charge in [0.1, 0.15) is 0 Å². The number of rotatable bonds is 4. The number of alkyl halides is 3. The van der Waals surface area contributed by atoms with Gasteiger partial charge in [0.25, 0.3) is 5.91 Å². The Morgan fingerprint density at radius 2 is 2.17 bits per heavy atom. The lowest BCUT2D eigenvalue weighted by atomic mass is 9.97. The van der Waals surface area contributed by atoms with Crippen LogP contribution in [0.3, 0.4) is 0 Å². The molecule has 9 heteroatoms. The lowest BCUT2D eigenvalue weighted by molar-refractivity contribution is -0.153. The smallest absolute Gasteiger partial charge is 0.422 e. The van der Waals surface area contributed by atoms with E-state index in [1.165, 1.54) is 23.2 Å².